The summed E-state index contributed by atoms with van der Waals surface area (Å²) in [5, 5.41) is 4.81. The number of aromatic nitrogens is 2. The summed E-state index contributed by atoms with van der Waals surface area (Å²) < 4.78 is 5.19. The Morgan fingerprint density at radius 3 is 2.38 bits per heavy atom. The molecule has 1 N–H and O–H groups in total. The number of amides is 2. The van der Waals surface area contributed by atoms with Crippen molar-refractivity contribution in [3.8, 4) is 21.1 Å². The number of nitrogens with zero attached hydrogens (tertiary/aromatic N) is 3. The minimum atomic E-state index is -0.130. The average molecular weight is 485 g/mol. The maximum Gasteiger partial charge on any atom is 0.289 e. The molecule has 32 heavy (non-hydrogen) atoms. The zero-order valence-corrected chi connectivity index (χ0v) is 19.5. The Labute approximate surface area is 197 Å². The summed E-state index contributed by atoms with van der Waals surface area (Å²) in [6, 6.07) is 11.5. The van der Waals surface area contributed by atoms with Gasteiger partial charge in [-0.3, -0.25) is 9.59 Å². The molecule has 0 bridgehead atoms. The fourth-order valence-corrected chi connectivity index (χ4v) is 5.77. The molecule has 1 aliphatic rings. The molecule has 4 aromatic heterocycles. The first kappa shape index (κ1) is 21.0. The highest BCUT2D eigenvalue weighted by atomic mass is 32.2. The van der Waals surface area contributed by atoms with Crippen LogP contribution in [0.4, 0.5) is 0 Å². The van der Waals surface area contributed by atoms with Crippen molar-refractivity contribution >= 4 is 46.2 Å². The Kier molecular flexibility index (Phi) is 6.15. The summed E-state index contributed by atoms with van der Waals surface area (Å²) >= 11 is 4.72. The Morgan fingerprint density at radius 1 is 1.00 bits per heavy atom. The summed E-state index contributed by atoms with van der Waals surface area (Å²) in [7, 11) is 0. The lowest BCUT2D eigenvalue weighted by Gasteiger charge is -2.34. The molecule has 7 nitrogen and oxygen atoms in total. The molecule has 2 amide bonds. The average Bonchev–Trinajstić information content (AvgIpc) is 3.64. The van der Waals surface area contributed by atoms with E-state index in [0.29, 0.717) is 37.7 Å². The lowest BCUT2D eigenvalue weighted by atomic mass is 10.2. The quantitative estimate of drug-likeness (QED) is 0.407. The van der Waals surface area contributed by atoms with Gasteiger partial charge in [0.2, 0.25) is 5.91 Å². The van der Waals surface area contributed by atoms with E-state index in [2.05, 4.69) is 17.1 Å². The van der Waals surface area contributed by atoms with Gasteiger partial charge in [0, 0.05) is 26.2 Å². The van der Waals surface area contributed by atoms with E-state index in [1.807, 2.05) is 27.8 Å². The zero-order chi connectivity index (χ0) is 21.9. The number of aromatic amines is 1. The first-order valence-corrected chi connectivity index (χ1v) is 12.8. The Hall–Kier alpha value is -2.82. The summed E-state index contributed by atoms with van der Waals surface area (Å²) in [6.45, 7) is 2.04. The third kappa shape index (κ3) is 4.38. The SMILES string of the molecule is O=C(CSc1nc(-c2cccs2)c(-c2cccs2)[nH]1)N1CCN(C(=O)c2ccco2)CC1. The van der Waals surface area contributed by atoms with Crippen molar-refractivity contribution in [2.24, 2.45) is 0 Å². The van der Waals surface area contributed by atoms with E-state index in [1.54, 1.807) is 39.7 Å². The first-order valence-electron chi connectivity index (χ1n) is 10.1. The maximum absolute atomic E-state index is 12.8. The molecular weight excluding hydrogens is 464 g/mol. The molecular formula is C22H20N4O3S3. The molecule has 0 atom stereocenters. The van der Waals surface area contributed by atoms with Gasteiger partial charge in [0.05, 0.1) is 27.5 Å². The number of rotatable bonds is 6. The lowest BCUT2D eigenvalue weighted by molar-refractivity contribution is -0.129. The number of nitrogens with one attached hydrogen (secondary N) is 1. The van der Waals surface area contributed by atoms with Gasteiger partial charge in [0.15, 0.2) is 10.9 Å². The monoisotopic (exact) mass is 484 g/mol. The maximum atomic E-state index is 12.8. The van der Waals surface area contributed by atoms with Crippen LogP contribution >= 0.6 is 34.4 Å². The van der Waals surface area contributed by atoms with Crippen LogP contribution in [-0.4, -0.2) is 63.5 Å². The van der Waals surface area contributed by atoms with Gasteiger partial charge in [-0.15, -0.1) is 22.7 Å². The number of furan rings is 1. The highest BCUT2D eigenvalue weighted by Gasteiger charge is 2.26. The van der Waals surface area contributed by atoms with Gasteiger partial charge in [-0.25, -0.2) is 4.98 Å². The molecule has 0 aromatic carbocycles. The summed E-state index contributed by atoms with van der Waals surface area (Å²) in [5.74, 6) is 0.551. The van der Waals surface area contributed by atoms with Crippen molar-refractivity contribution in [3.05, 3.63) is 59.2 Å². The van der Waals surface area contributed by atoms with Crippen LogP contribution in [0.1, 0.15) is 10.6 Å². The molecule has 0 spiro atoms. The zero-order valence-electron chi connectivity index (χ0n) is 17.0. The van der Waals surface area contributed by atoms with Crippen LogP contribution in [0, 0.1) is 0 Å². The lowest BCUT2D eigenvalue weighted by Crippen LogP contribution is -2.51. The van der Waals surface area contributed by atoms with Crippen LogP contribution in [0.2, 0.25) is 0 Å². The highest BCUT2D eigenvalue weighted by Crippen LogP contribution is 2.36. The van der Waals surface area contributed by atoms with E-state index in [-0.39, 0.29) is 11.8 Å². The number of carbonyl (C=O) groups excluding carboxylic acids is 2. The predicted octanol–water partition coefficient (Wildman–Crippen LogP) is 4.54. The predicted molar refractivity (Wildman–Crippen MR) is 127 cm³/mol. The fraction of sp³-hybridized carbons (Fsp3) is 0.227. The Bertz CT molecular complexity index is 1120. The standard InChI is InChI=1S/C22H20N4O3S3/c27-18(25-7-9-26(10-8-25)21(28)15-4-1-11-29-15)14-32-22-23-19(16-5-2-12-30-16)20(24-22)17-6-3-13-31-17/h1-6,11-13H,7-10,14H2,(H,23,24). The fourth-order valence-electron chi connectivity index (χ4n) is 3.55. The van der Waals surface area contributed by atoms with Gasteiger partial charge in [0.1, 0.15) is 5.69 Å². The van der Waals surface area contributed by atoms with Gasteiger partial charge in [-0.2, -0.15) is 0 Å². The van der Waals surface area contributed by atoms with Crippen molar-refractivity contribution in [2.75, 3.05) is 31.9 Å². The second-order valence-electron chi connectivity index (χ2n) is 7.16. The molecule has 1 fully saturated rings. The van der Waals surface area contributed by atoms with Gasteiger partial charge in [-0.05, 0) is 35.0 Å². The van der Waals surface area contributed by atoms with Crippen molar-refractivity contribution in [2.45, 2.75) is 5.16 Å². The van der Waals surface area contributed by atoms with Crippen LogP contribution in [0.15, 0.2) is 63.0 Å². The Morgan fingerprint density at radius 2 is 1.72 bits per heavy atom. The smallest absolute Gasteiger partial charge is 0.289 e. The summed E-state index contributed by atoms with van der Waals surface area (Å²) in [5.41, 5.74) is 1.91. The topological polar surface area (TPSA) is 82.4 Å². The number of H-pyrrole nitrogens is 1. The minimum absolute atomic E-state index is 0.0480. The van der Waals surface area contributed by atoms with E-state index < -0.39 is 0 Å². The van der Waals surface area contributed by atoms with Gasteiger partial charge >= 0.3 is 0 Å². The normalized spacial score (nSPS) is 14.1. The number of hydrogen-bond acceptors (Lipinski definition) is 7. The van der Waals surface area contributed by atoms with E-state index in [4.69, 9.17) is 9.40 Å². The second-order valence-corrected chi connectivity index (χ2v) is 10.0. The van der Waals surface area contributed by atoms with Crippen molar-refractivity contribution in [1.82, 2.24) is 19.8 Å². The molecule has 5 heterocycles. The molecule has 10 heteroatoms. The van der Waals surface area contributed by atoms with E-state index in [0.717, 1.165) is 26.3 Å². The first-order chi connectivity index (χ1) is 15.7. The van der Waals surface area contributed by atoms with E-state index in [9.17, 15) is 9.59 Å². The van der Waals surface area contributed by atoms with Crippen molar-refractivity contribution in [3.63, 3.8) is 0 Å². The van der Waals surface area contributed by atoms with E-state index >= 15 is 0 Å². The van der Waals surface area contributed by atoms with Crippen LogP contribution in [0.5, 0.6) is 0 Å². The van der Waals surface area contributed by atoms with Crippen LogP contribution in [0.25, 0.3) is 21.1 Å². The van der Waals surface area contributed by atoms with Crippen LogP contribution in [-0.2, 0) is 4.79 Å². The number of thiophene rings is 2. The largest absolute Gasteiger partial charge is 0.459 e. The number of imidazole rings is 1. The summed E-state index contributed by atoms with van der Waals surface area (Å²) in [4.78, 5) is 39.1. The third-order valence-electron chi connectivity index (χ3n) is 5.19. The van der Waals surface area contributed by atoms with Crippen LogP contribution in [0.3, 0.4) is 0 Å². The molecule has 0 radical (unpaired) electrons. The third-order valence-corrected chi connectivity index (χ3v) is 7.81. The number of hydrogen-bond donors (Lipinski definition) is 1. The number of carbonyl (C=O) groups is 2. The van der Waals surface area contributed by atoms with Gasteiger partial charge < -0.3 is 19.2 Å². The summed E-state index contributed by atoms with van der Waals surface area (Å²) in [6.07, 6.45) is 1.49. The Balaban J connectivity index is 1.20. The molecule has 0 aliphatic carbocycles. The van der Waals surface area contributed by atoms with Crippen molar-refractivity contribution in [1.29, 1.82) is 0 Å². The molecule has 1 aliphatic heterocycles. The van der Waals surface area contributed by atoms with Gasteiger partial charge in [-0.1, -0.05) is 23.9 Å². The number of thioether (sulfide) groups is 1. The second kappa shape index (κ2) is 9.35. The van der Waals surface area contributed by atoms with Crippen LogP contribution < -0.4 is 0 Å². The number of piperazine rings is 1. The van der Waals surface area contributed by atoms with Crippen molar-refractivity contribution < 1.29 is 14.0 Å². The minimum Gasteiger partial charge on any atom is -0.459 e. The molecule has 0 saturated carbocycles. The highest BCUT2D eigenvalue weighted by molar-refractivity contribution is 7.99. The molecule has 4 aromatic rings. The van der Waals surface area contributed by atoms with E-state index in [1.165, 1.54) is 18.0 Å². The molecule has 1 saturated heterocycles. The molecule has 0 unspecified atom stereocenters. The molecule has 164 valence electrons. The molecule has 5 rings (SSSR count). The van der Waals surface area contributed by atoms with Gasteiger partial charge in [0.25, 0.3) is 5.91 Å².